The number of esters is 4. The number of hydrogen-bond acceptors (Lipinski definition) is 12. The second kappa shape index (κ2) is 22.0. The molecule has 0 aliphatic rings. The number of aliphatic hydroxyl groups is 2. The zero-order chi connectivity index (χ0) is 39.6. The van der Waals surface area contributed by atoms with Gasteiger partial charge < -0.3 is 38.6 Å². The lowest BCUT2D eigenvalue weighted by molar-refractivity contribution is -0.141. The van der Waals surface area contributed by atoms with Crippen molar-refractivity contribution in [1.29, 1.82) is 0 Å². The molecular formula is C41H56O12. The van der Waals surface area contributed by atoms with Crippen LogP contribution in [0.4, 0.5) is 0 Å². The number of carbonyl (C=O) groups is 4. The minimum absolute atomic E-state index is 0.00548. The molecule has 2 aromatic carbocycles. The van der Waals surface area contributed by atoms with Gasteiger partial charge in [-0.15, -0.1) is 0 Å². The molecule has 2 N–H and O–H groups in total. The zero-order valence-electron chi connectivity index (χ0n) is 31.9. The quantitative estimate of drug-likeness (QED) is 0.0609. The normalized spacial score (nSPS) is 13.6. The van der Waals surface area contributed by atoms with Gasteiger partial charge in [-0.05, 0) is 68.5 Å². The Bertz CT molecular complexity index is 1510. The van der Waals surface area contributed by atoms with E-state index < -0.39 is 42.7 Å². The van der Waals surface area contributed by atoms with E-state index in [0.717, 1.165) is 30.4 Å². The summed E-state index contributed by atoms with van der Waals surface area (Å²) in [4.78, 5) is 48.7. The molecule has 0 aliphatic carbocycles. The third-order valence-electron chi connectivity index (χ3n) is 9.52. The van der Waals surface area contributed by atoms with E-state index in [1.807, 2.05) is 24.3 Å². The maximum absolute atomic E-state index is 13.0. The van der Waals surface area contributed by atoms with Crippen LogP contribution in [-0.2, 0) is 48.8 Å². The van der Waals surface area contributed by atoms with Gasteiger partial charge in [0.05, 0.1) is 44.2 Å². The monoisotopic (exact) mass is 740 g/mol. The number of aliphatic hydroxyl groups excluding tert-OH is 2. The summed E-state index contributed by atoms with van der Waals surface area (Å²) in [6.07, 6.45) is 0.421. The van der Waals surface area contributed by atoms with Crippen LogP contribution in [0, 0.1) is 0 Å². The molecule has 2 aromatic rings. The Labute approximate surface area is 313 Å². The summed E-state index contributed by atoms with van der Waals surface area (Å²) in [6, 6.07) is 14.6. The molecule has 2 rings (SSSR count). The van der Waals surface area contributed by atoms with Crippen LogP contribution in [-0.4, -0.2) is 99.2 Å². The summed E-state index contributed by atoms with van der Waals surface area (Å²) in [5, 5.41) is 19.9. The predicted molar refractivity (Wildman–Crippen MR) is 199 cm³/mol. The van der Waals surface area contributed by atoms with Crippen LogP contribution in [0.5, 0.6) is 0 Å². The lowest BCUT2D eigenvalue weighted by Crippen LogP contribution is -2.46. The van der Waals surface area contributed by atoms with Gasteiger partial charge >= 0.3 is 23.9 Å². The Morgan fingerprint density at radius 1 is 0.660 bits per heavy atom. The van der Waals surface area contributed by atoms with Crippen molar-refractivity contribution in [2.24, 2.45) is 0 Å². The Hall–Kier alpha value is -4.36. The molecule has 3 atom stereocenters. The average molecular weight is 741 g/mol. The lowest BCUT2D eigenvalue weighted by atomic mass is 9.54. The molecule has 0 spiro atoms. The molecule has 0 saturated heterocycles. The van der Waals surface area contributed by atoms with Crippen LogP contribution >= 0.6 is 0 Å². The number of rotatable bonds is 24. The molecule has 3 unspecified atom stereocenters. The van der Waals surface area contributed by atoms with Gasteiger partial charge in [-0.2, -0.15) is 0 Å². The third-order valence-corrected chi connectivity index (χ3v) is 9.52. The zero-order valence-corrected chi connectivity index (χ0v) is 31.9. The number of benzene rings is 2. The third kappa shape index (κ3) is 12.6. The lowest BCUT2D eigenvalue weighted by Gasteiger charge is -2.49. The summed E-state index contributed by atoms with van der Waals surface area (Å²) < 4.78 is 31.4. The van der Waals surface area contributed by atoms with E-state index in [1.165, 1.54) is 0 Å². The Morgan fingerprint density at radius 3 is 1.58 bits per heavy atom. The summed E-state index contributed by atoms with van der Waals surface area (Å²) in [5.74, 6) is -2.23. The minimum atomic E-state index is -1.05. The summed E-state index contributed by atoms with van der Waals surface area (Å²) >= 11 is 0. The first-order chi connectivity index (χ1) is 25.2. The highest BCUT2D eigenvalue weighted by Gasteiger charge is 2.46. The van der Waals surface area contributed by atoms with Crippen molar-refractivity contribution in [2.75, 3.05) is 52.9 Å². The van der Waals surface area contributed by atoms with E-state index in [1.54, 1.807) is 38.1 Å². The van der Waals surface area contributed by atoms with Crippen LogP contribution in [0.1, 0.15) is 92.6 Å². The van der Waals surface area contributed by atoms with E-state index in [9.17, 15) is 29.4 Å². The van der Waals surface area contributed by atoms with Crippen molar-refractivity contribution < 1.29 is 57.8 Å². The smallest absolute Gasteiger partial charge is 0.338 e. The van der Waals surface area contributed by atoms with Crippen molar-refractivity contribution in [1.82, 2.24) is 0 Å². The molecular weight excluding hydrogens is 684 g/mol. The highest BCUT2D eigenvalue weighted by Crippen LogP contribution is 2.51. The van der Waals surface area contributed by atoms with Crippen molar-refractivity contribution in [3.63, 3.8) is 0 Å². The van der Waals surface area contributed by atoms with Crippen molar-refractivity contribution in [3.8, 4) is 0 Å². The van der Waals surface area contributed by atoms with Gasteiger partial charge in [-0.3, -0.25) is 0 Å². The van der Waals surface area contributed by atoms with Gasteiger partial charge in [-0.1, -0.05) is 65.1 Å². The summed E-state index contributed by atoms with van der Waals surface area (Å²) in [6.45, 7) is 18.0. The number of hydrogen-bond donors (Lipinski definition) is 2. The second-order valence-electron chi connectivity index (χ2n) is 13.1. The van der Waals surface area contributed by atoms with E-state index in [2.05, 4.69) is 40.9 Å². The van der Waals surface area contributed by atoms with Crippen molar-refractivity contribution >= 4 is 23.9 Å². The molecule has 0 radical (unpaired) electrons. The van der Waals surface area contributed by atoms with Gasteiger partial charge in [0.25, 0.3) is 0 Å². The molecule has 12 heteroatoms. The van der Waals surface area contributed by atoms with Gasteiger partial charge in [0.2, 0.25) is 0 Å². The predicted octanol–water partition coefficient (Wildman–Crippen LogP) is 5.42. The first-order valence-corrected chi connectivity index (χ1v) is 17.9. The van der Waals surface area contributed by atoms with Gasteiger partial charge in [0, 0.05) is 22.0 Å². The Kier molecular flexibility index (Phi) is 18.6. The topological polar surface area (TPSA) is 164 Å². The number of ether oxygens (including phenoxy) is 6. The molecule has 0 saturated carbocycles. The first-order valence-electron chi connectivity index (χ1n) is 17.9. The second-order valence-corrected chi connectivity index (χ2v) is 13.1. The molecule has 0 fully saturated rings. The van der Waals surface area contributed by atoms with E-state index in [-0.39, 0.29) is 68.2 Å². The molecule has 0 amide bonds. The van der Waals surface area contributed by atoms with Gasteiger partial charge in [-0.25, -0.2) is 19.2 Å². The van der Waals surface area contributed by atoms with Crippen LogP contribution in [0.3, 0.4) is 0 Å². The van der Waals surface area contributed by atoms with Crippen LogP contribution in [0.2, 0.25) is 0 Å². The van der Waals surface area contributed by atoms with Crippen molar-refractivity contribution in [3.05, 3.63) is 95.1 Å². The fraction of sp³-hybridized carbons (Fsp3) is 0.512. The maximum atomic E-state index is 13.0. The Balaban J connectivity index is 2.06. The fourth-order valence-corrected chi connectivity index (χ4v) is 6.19. The largest absolute Gasteiger partial charge is 0.460 e. The van der Waals surface area contributed by atoms with Crippen LogP contribution < -0.4 is 0 Å². The van der Waals surface area contributed by atoms with E-state index >= 15 is 0 Å². The number of carbonyl (C=O) groups excluding carboxylic acids is 4. The maximum Gasteiger partial charge on any atom is 0.338 e. The SMILES string of the molecule is C=C(C)C(=O)OCCOCC(O)COC(=O)c1ccc(C(C)(CC)C(CC)(CC)c2ccc(C(=O)OC(CO)COCCOC(=O)C(=C)C)cc2)cc1. The van der Waals surface area contributed by atoms with Crippen molar-refractivity contribution in [2.45, 2.75) is 83.8 Å². The molecule has 0 aliphatic heterocycles. The molecule has 0 bridgehead atoms. The van der Waals surface area contributed by atoms with E-state index in [0.29, 0.717) is 11.1 Å². The standard InChI is InChI=1S/C41H56O12/c1-9-40(8,32-16-12-30(13-17-32)38(46)52-26-34(43)25-48-20-22-50-36(44)28(4)5)41(10-2,11-3)33-18-14-31(15-19-33)39(47)53-35(24-42)27-49-21-23-51-37(45)29(6)7/h12-19,34-35,42-43H,4,6,9-11,20-27H2,1-3,5,7-8H3. The van der Waals surface area contributed by atoms with E-state index in [4.69, 9.17) is 28.4 Å². The summed E-state index contributed by atoms with van der Waals surface area (Å²) in [7, 11) is 0. The van der Waals surface area contributed by atoms with Crippen LogP contribution in [0.15, 0.2) is 72.8 Å². The van der Waals surface area contributed by atoms with Crippen LogP contribution in [0.25, 0.3) is 0 Å². The first kappa shape index (κ1) is 44.8. The summed E-state index contributed by atoms with van der Waals surface area (Å²) in [5.41, 5.74) is 2.59. The van der Waals surface area contributed by atoms with Gasteiger partial charge in [0.15, 0.2) is 0 Å². The molecule has 12 nitrogen and oxygen atoms in total. The minimum Gasteiger partial charge on any atom is -0.460 e. The average Bonchev–Trinajstić information content (AvgIpc) is 3.16. The molecule has 0 heterocycles. The fourth-order valence-electron chi connectivity index (χ4n) is 6.19. The highest BCUT2D eigenvalue weighted by atomic mass is 16.6. The Morgan fingerprint density at radius 2 is 1.13 bits per heavy atom. The molecule has 0 aromatic heterocycles. The molecule has 53 heavy (non-hydrogen) atoms. The molecule has 292 valence electrons. The van der Waals surface area contributed by atoms with Gasteiger partial charge in [0.1, 0.15) is 32.0 Å². The highest BCUT2D eigenvalue weighted by molar-refractivity contribution is 5.90.